The number of benzene rings is 2. The van der Waals surface area contributed by atoms with E-state index in [9.17, 15) is 9.59 Å². The third kappa shape index (κ3) is 5.66. The first kappa shape index (κ1) is 21.4. The zero-order valence-corrected chi connectivity index (χ0v) is 18.0. The Hall–Kier alpha value is -2.83. The van der Waals surface area contributed by atoms with E-state index in [1.807, 2.05) is 30.5 Å². The van der Waals surface area contributed by atoms with Crippen LogP contribution in [0.1, 0.15) is 28.8 Å². The van der Waals surface area contributed by atoms with Crippen molar-refractivity contribution >= 4 is 34.3 Å². The van der Waals surface area contributed by atoms with E-state index in [0.29, 0.717) is 36.1 Å². The molecule has 3 N–H and O–H groups in total. The van der Waals surface area contributed by atoms with Crippen LogP contribution in [-0.4, -0.2) is 42.6 Å². The zero-order valence-electron chi connectivity index (χ0n) is 17.2. The molecule has 31 heavy (non-hydrogen) atoms. The van der Waals surface area contributed by atoms with Gasteiger partial charge in [-0.3, -0.25) is 9.59 Å². The van der Waals surface area contributed by atoms with Gasteiger partial charge in [-0.25, -0.2) is 0 Å². The molecule has 2 amide bonds. The van der Waals surface area contributed by atoms with Gasteiger partial charge in [0.15, 0.2) is 0 Å². The minimum Gasteiger partial charge on any atom is -0.379 e. The lowest BCUT2D eigenvalue weighted by atomic mass is 10.0. The highest BCUT2D eigenvalue weighted by molar-refractivity contribution is 6.33. The molecular formula is C24H26ClN3O3. The number of hydrogen-bond acceptors (Lipinski definition) is 3. The van der Waals surface area contributed by atoms with E-state index < -0.39 is 6.04 Å². The summed E-state index contributed by atoms with van der Waals surface area (Å²) in [6.45, 7) is 1.61. The molecule has 0 aliphatic heterocycles. The number of H-pyrrole nitrogens is 1. The largest absolute Gasteiger partial charge is 0.379 e. The molecule has 2 aromatic carbocycles. The average molecular weight is 440 g/mol. The van der Waals surface area contributed by atoms with Gasteiger partial charge in [-0.1, -0.05) is 41.9 Å². The van der Waals surface area contributed by atoms with Crippen molar-refractivity contribution in [2.24, 2.45) is 5.92 Å². The molecule has 1 atom stereocenters. The highest BCUT2D eigenvalue weighted by atomic mass is 35.5. The van der Waals surface area contributed by atoms with E-state index in [4.69, 9.17) is 16.3 Å². The summed E-state index contributed by atoms with van der Waals surface area (Å²) < 4.78 is 5.59. The molecule has 3 aromatic rings. The van der Waals surface area contributed by atoms with Crippen molar-refractivity contribution in [1.82, 2.24) is 15.6 Å². The third-order valence-electron chi connectivity index (χ3n) is 5.44. The molecule has 1 aliphatic carbocycles. The summed E-state index contributed by atoms with van der Waals surface area (Å²) in [5.41, 5.74) is 2.29. The van der Waals surface area contributed by atoms with Gasteiger partial charge in [0.05, 0.1) is 17.2 Å². The van der Waals surface area contributed by atoms with E-state index in [1.165, 1.54) is 12.8 Å². The summed E-state index contributed by atoms with van der Waals surface area (Å²) in [6, 6.07) is 13.9. The number of nitrogens with one attached hydrogen (secondary N) is 3. The maximum absolute atomic E-state index is 12.9. The molecule has 0 radical (unpaired) electrons. The predicted octanol–water partition coefficient (Wildman–Crippen LogP) is 3.71. The number of halogens is 1. The van der Waals surface area contributed by atoms with Gasteiger partial charge >= 0.3 is 0 Å². The van der Waals surface area contributed by atoms with Crippen molar-refractivity contribution in [3.63, 3.8) is 0 Å². The highest BCUT2D eigenvalue weighted by Crippen LogP contribution is 2.28. The summed E-state index contributed by atoms with van der Waals surface area (Å²) in [6.07, 6.45) is 4.70. The van der Waals surface area contributed by atoms with E-state index >= 15 is 0 Å². The van der Waals surface area contributed by atoms with Gasteiger partial charge in [0.2, 0.25) is 5.91 Å². The molecule has 0 saturated heterocycles. The van der Waals surface area contributed by atoms with Crippen LogP contribution in [-0.2, 0) is 16.0 Å². The molecule has 4 rings (SSSR count). The van der Waals surface area contributed by atoms with Gasteiger partial charge in [-0.2, -0.15) is 0 Å². The first-order valence-corrected chi connectivity index (χ1v) is 11.0. The third-order valence-corrected chi connectivity index (χ3v) is 5.76. The Balaban J connectivity index is 1.44. The summed E-state index contributed by atoms with van der Waals surface area (Å²) in [5.74, 6) is 0.0523. The van der Waals surface area contributed by atoms with Crippen LogP contribution in [0.4, 0.5) is 0 Å². The SMILES string of the molecule is O=C(NC(Cc1c[nH]c2ccccc12)C(=O)NCCOCC1CC1)c1ccccc1Cl. The fraction of sp³-hybridized carbons (Fsp3) is 0.333. The minimum absolute atomic E-state index is 0.249. The molecule has 1 saturated carbocycles. The Morgan fingerprint density at radius 2 is 1.90 bits per heavy atom. The average Bonchev–Trinajstić information content (AvgIpc) is 3.52. The number of rotatable bonds is 10. The summed E-state index contributed by atoms with van der Waals surface area (Å²) in [5, 5.41) is 7.12. The number of carbonyl (C=O) groups is 2. The molecule has 0 bridgehead atoms. The molecule has 0 spiro atoms. The number of carbonyl (C=O) groups excluding carboxylic acids is 2. The number of para-hydroxylation sites is 1. The maximum atomic E-state index is 12.9. The molecular weight excluding hydrogens is 414 g/mol. The highest BCUT2D eigenvalue weighted by Gasteiger charge is 2.24. The van der Waals surface area contributed by atoms with Crippen LogP contribution in [0, 0.1) is 5.92 Å². The Bertz CT molecular complexity index is 1060. The zero-order chi connectivity index (χ0) is 21.6. The summed E-state index contributed by atoms with van der Waals surface area (Å²) >= 11 is 6.17. The van der Waals surface area contributed by atoms with Crippen LogP contribution in [0.3, 0.4) is 0 Å². The Morgan fingerprint density at radius 1 is 1.13 bits per heavy atom. The van der Waals surface area contributed by atoms with Crippen LogP contribution in [0.15, 0.2) is 54.7 Å². The molecule has 1 aromatic heterocycles. The van der Waals surface area contributed by atoms with E-state index in [-0.39, 0.29) is 11.8 Å². The van der Waals surface area contributed by atoms with Crippen molar-refractivity contribution in [3.8, 4) is 0 Å². The van der Waals surface area contributed by atoms with Crippen LogP contribution < -0.4 is 10.6 Å². The Labute approximate surface area is 186 Å². The second-order valence-electron chi connectivity index (χ2n) is 7.88. The molecule has 6 nitrogen and oxygen atoms in total. The molecule has 1 aliphatic rings. The minimum atomic E-state index is -0.744. The lowest BCUT2D eigenvalue weighted by molar-refractivity contribution is -0.123. The fourth-order valence-electron chi connectivity index (χ4n) is 3.52. The monoisotopic (exact) mass is 439 g/mol. The Kier molecular flexibility index (Phi) is 6.89. The molecule has 162 valence electrons. The van der Waals surface area contributed by atoms with Gasteiger partial charge in [-0.05, 0) is 42.5 Å². The quantitative estimate of drug-likeness (QED) is 0.421. The van der Waals surface area contributed by atoms with Crippen molar-refractivity contribution < 1.29 is 14.3 Å². The fourth-order valence-corrected chi connectivity index (χ4v) is 3.74. The van der Waals surface area contributed by atoms with Crippen molar-refractivity contribution in [2.75, 3.05) is 19.8 Å². The summed E-state index contributed by atoms with van der Waals surface area (Å²) in [4.78, 5) is 29.0. The van der Waals surface area contributed by atoms with Gasteiger partial charge in [-0.15, -0.1) is 0 Å². The van der Waals surface area contributed by atoms with Crippen molar-refractivity contribution in [2.45, 2.75) is 25.3 Å². The topological polar surface area (TPSA) is 83.2 Å². The molecule has 1 heterocycles. The van der Waals surface area contributed by atoms with E-state index in [1.54, 1.807) is 24.3 Å². The maximum Gasteiger partial charge on any atom is 0.253 e. The number of amides is 2. The number of fused-ring (bicyclic) bond motifs is 1. The lowest BCUT2D eigenvalue weighted by Crippen LogP contribution is -2.48. The standard InChI is InChI=1S/C24H26ClN3O3/c25-20-7-3-1-6-19(20)23(29)28-22(24(30)26-11-12-31-15-16-9-10-16)13-17-14-27-21-8-4-2-5-18(17)21/h1-8,14,16,22,27H,9-13,15H2,(H,26,30)(H,28,29). The van der Waals surface area contributed by atoms with E-state index in [0.717, 1.165) is 23.1 Å². The van der Waals surface area contributed by atoms with Gasteiger partial charge < -0.3 is 20.4 Å². The van der Waals surface area contributed by atoms with Crippen molar-refractivity contribution in [1.29, 1.82) is 0 Å². The lowest BCUT2D eigenvalue weighted by Gasteiger charge is -2.19. The van der Waals surface area contributed by atoms with Gasteiger partial charge in [0.1, 0.15) is 6.04 Å². The first-order valence-electron chi connectivity index (χ1n) is 10.6. The van der Waals surface area contributed by atoms with Crippen LogP contribution in [0.25, 0.3) is 10.9 Å². The number of ether oxygens (including phenoxy) is 1. The normalized spacial score (nSPS) is 14.4. The Morgan fingerprint density at radius 3 is 2.71 bits per heavy atom. The summed E-state index contributed by atoms with van der Waals surface area (Å²) in [7, 11) is 0. The van der Waals surface area contributed by atoms with E-state index in [2.05, 4.69) is 15.6 Å². The van der Waals surface area contributed by atoms with Crippen LogP contribution >= 0.6 is 11.6 Å². The van der Waals surface area contributed by atoms with Crippen LogP contribution in [0.5, 0.6) is 0 Å². The van der Waals surface area contributed by atoms with Gasteiger partial charge in [0, 0.05) is 36.7 Å². The molecule has 1 unspecified atom stereocenters. The molecule has 1 fully saturated rings. The smallest absolute Gasteiger partial charge is 0.253 e. The second kappa shape index (κ2) is 9.98. The second-order valence-corrected chi connectivity index (χ2v) is 8.29. The predicted molar refractivity (Wildman–Crippen MR) is 121 cm³/mol. The number of hydrogen-bond donors (Lipinski definition) is 3. The van der Waals surface area contributed by atoms with Crippen molar-refractivity contribution in [3.05, 3.63) is 70.9 Å². The van der Waals surface area contributed by atoms with Crippen LogP contribution in [0.2, 0.25) is 5.02 Å². The number of aromatic nitrogens is 1. The molecule has 7 heteroatoms. The first-order chi connectivity index (χ1) is 15.1. The number of aromatic amines is 1. The van der Waals surface area contributed by atoms with Gasteiger partial charge in [0.25, 0.3) is 5.91 Å².